The molecule has 0 atom stereocenters. The average Bonchev–Trinajstić information content (AvgIpc) is 2.70. The number of benzene rings is 1. The topological polar surface area (TPSA) is 91.6 Å². The van der Waals surface area contributed by atoms with Gasteiger partial charge in [0, 0.05) is 41.5 Å². The van der Waals surface area contributed by atoms with Gasteiger partial charge >= 0.3 is 0 Å². The Morgan fingerprint density at radius 2 is 1.46 bits per heavy atom. The summed E-state index contributed by atoms with van der Waals surface area (Å²) >= 11 is 0. The summed E-state index contributed by atoms with van der Waals surface area (Å²) in [7, 11) is 0. The fourth-order valence-corrected chi connectivity index (χ4v) is 2.01. The Morgan fingerprint density at radius 3 is 2.04 bits per heavy atom. The maximum Gasteiger partial charge on any atom is 0.271 e. The van der Waals surface area contributed by atoms with Crippen LogP contribution in [-0.4, -0.2) is 28.3 Å². The van der Waals surface area contributed by atoms with Gasteiger partial charge in [0.25, 0.3) is 5.91 Å². The number of rotatable bonds is 6. The number of nitrogens with zero attached hydrogens (tertiary/aromatic N) is 4. The molecule has 0 saturated heterocycles. The zero-order valence-electron chi connectivity index (χ0n) is 13.8. The van der Waals surface area contributed by atoms with Crippen molar-refractivity contribution in [2.24, 2.45) is 10.2 Å². The van der Waals surface area contributed by atoms with E-state index in [0.29, 0.717) is 5.56 Å². The van der Waals surface area contributed by atoms with Gasteiger partial charge in [-0.15, -0.1) is 0 Å². The Hall–Kier alpha value is -3.87. The number of carbonyl (C=O) groups is 1. The van der Waals surface area contributed by atoms with Gasteiger partial charge in [0.05, 0.1) is 18.1 Å². The third-order valence-electron chi connectivity index (χ3n) is 3.30. The quantitative estimate of drug-likeness (QED) is 0.531. The number of hydrazone groups is 2. The summed E-state index contributed by atoms with van der Waals surface area (Å²) in [5.41, 5.74) is 8.33. The largest absolute Gasteiger partial charge is 0.279 e. The second kappa shape index (κ2) is 8.84. The monoisotopic (exact) mass is 344 g/mol. The summed E-state index contributed by atoms with van der Waals surface area (Å²) < 4.78 is 0. The molecule has 1 amide bonds. The minimum atomic E-state index is -0.296. The zero-order valence-corrected chi connectivity index (χ0v) is 13.8. The van der Waals surface area contributed by atoms with Crippen LogP contribution in [-0.2, 0) is 0 Å². The number of anilines is 1. The second-order valence-corrected chi connectivity index (χ2v) is 5.22. The predicted octanol–water partition coefficient (Wildman–Crippen LogP) is 2.69. The summed E-state index contributed by atoms with van der Waals surface area (Å²) in [5, 5.41) is 8.04. The van der Waals surface area contributed by atoms with Crippen molar-refractivity contribution in [1.82, 2.24) is 15.4 Å². The van der Waals surface area contributed by atoms with Gasteiger partial charge < -0.3 is 0 Å². The molecule has 2 aromatic heterocycles. The van der Waals surface area contributed by atoms with Gasteiger partial charge in [-0.25, -0.2) is 5.43 Å². The van der Waals surface area contributed by atoms with E-state index < -0.39 is 0 Å². The number of aromatic nitrogens is 2. The molecule has 2 heterocycles. The highest BCUT2D eigenvalue weighted by molar-refractivity contribution is 5.95. The summed E-state index contributed by atoms with van der Waals surface area (Å²) in [6.45, 7) is 0. The van der Waals surface area contributed by atoms with E-state index in [1.165, 1.54) is 6.21 Å². The van der Waals surface area contributed by atoms with Crippen LogP contribution in [0.25, 0.3) is 0 Å². The number of nitrogens with one attached hydrogen (secondary N) is 2. The Balaban J connectivity index is 1.52. The van der Waals surface area contributed by atoms with Crippen LogP contribution < -0.4 is 10.9 Å². The third-order valence-corrected chi connectivity index (χ3v) is 3.30. The van der Waals surface area contributed by atoms with E-state index in [4.69, 9.17) is 0 Å². The molecule has 7 heteroatoms. The Bertz CT molecular complexity index is 892. The molecular weight excluding hydrogens is 328 g/mol. The second-order valence-electron chi connectivity index (χ2n) is 5.22. The maximum atomic E-state index is 12.0. The van der Waals surface area contributed by atoms with Crippen LogP contribution in [0.1, 0.15) is 21.5 Å². The van der Waals surface area contributed by atoms with Crippen molar-refractivity contribution < 1.29 is 4.79 Å². The molecule has 0 radical (unpaired) electrons. The van der Waals surface area contributed by atoms with Crippen LogP contribution >= 0.6 is 0 Å². The van der Waals surface area contributed by atoms with Crippen LogP contribution in [0.5, 0.6) is 0 Å². The molecule has 3 aromatic rings. The molecule has 128 valence electrons. The van der Waals surface area contributed by atoms with Gasteiger partial charge in [-0.05, 0) is 36.4 Å². The number of amides is 1. The molecule has 26 heavy (non-hydrogen) atoms. The Kier molecular flexibility index (Phi) is 5.77. The zero-order chi connectivity index (χ0) is 18.0. The van der Waals surface area contributed by atoms with E-state index in [-0.39, 0.29) is 5.91 Å². The minimum Gasteiger partial charge on any atom is -0.279 e. The highest BCUT2D eigenvalue weighted by Crippen LogP contribution is 2.09. The van der Waals surface area contributed by atoms with Gasteiger partial charge in [0.2, 0.25) is 0 Å². The number of pyridine rings is 2. The van der Waals surface area contributed by atoms with Crippen molar-refractivity contribution in [3.8, 4) is 0 Å². The summed E-state index contributed by atoms with van der Waals surface area (Å²) in [6, 6.07) is 14.3. The molecule has 0 bridgehead atoms. The molecule has 3 rings (SSSR count). The van der Waals surface area contributed by atoms with E-state index >= 15 is 0 Å². The highest BCUT2D eigenvalue weighted by Gasteiger charge is 2.03. The van der Waals surface area contributed by atoms with Crippen molar-refractivity contribution in [3.05, 3.63) is 90.0 Å². The first-order valence-corrected chi connectivity index (χ1v) is 7.84. The summed E-state index contributed by atoms with van der Waals surface area (Å²) in [4.78, 5) is 20.0. The molecule has 0 unspecified atom stereocenters. The first-order valence-electron chi connectivity index (χ1n) is 7.84. The van der Waals surface area contributed by atoms with Crippen LogP contribution in [0.3, 0.4) is 0 Å². The minimum absolute atomic E-state index is 0.296. The van der Waals surface area contributed by atoms with Crippen molar-refractivity contribution in [2.75, 3.05) is 5.43 Å². The molecule has 0 saturated carbocycles. The van der Waals surface area contributed by atoms with Gasteiger partial charge in [-0.2, -0.15) is 10.2 Å². The van der Waals surface area contributed by atoms with Crippen molar-refractivity contribution in [3.63, 3.8) is 0 Å². The Morgan fingerprint density at radius 1 is 0.846 bits per heavy atom. The third kappa shape index (κ3) is 5.07. The van der Waals surface area contributed by atoms with E-state index in [2.05, 4.69) is 31.0 Å². The fraction of sp³-hybridized carbons (Fsp3) is 0. The summed E-state index contributed by atoms with van der Waals surface area (Å²) in [5.74, 6) is -0.296. The van der Waals surface area contributed by atoms with E-state index in [0.717, 1.165) is 16.8 Å². The molecular formula is C19H16N6O. The predicted molar refractivity (Wildman–Crippen MR) is 101 cm³/mol. The lowest BCUT2D eigenvalue weighted by molar-refractivity contribution is 0.0955. The molecule has 0 aliphatic rings. The molecule has 0 fully saturated rings. The van der Waals surface area contributed by atoms with Crippen LogP contribution in [0.15, 0.2) is 83.5 Å². The molecule has 0 spiro atoms. The van der Waals surface area contributed by atoms with E-state index in [1.54, 1.807) is 61.3 Å². The first-order chi connectivity index (χ1) is 12.8. The van der Waals surface area contributed by atoms with Crippen molar-refractivity contribution >= 4 is 24.0 Å². The van der Waals surface area contributed by atoms with Gasteiger partial charge in [0.15, 0.2) is 0 Å². The highest BCUT2D eigenvalue weighted by atomic mass is 16.2. The maximum absolute atomic E-state index is 12.0. The Labute approximate surface area is 150 Å². The average molecular weight is 344 g/mol. The molecule has 2 N–H and O–H groups in total. The van der Waals surface area contributed by atoms with Gasteiger partial charge in [-0.1, -0.05) is 12.1 Å². The van der Waals surface area contributed by atoms with Crippen LogP contribution in [0.2, 0.25) is 0 Å². The molecule has 0 aliphatic heterocycles. The summed E-state index contributed by atoms with van der Waals surface area (Å²) in [6.07, 6.45) is 9.95. The number of hydrogen-bond donors (Lipinski definition) is 2. The van der Waals surface area contributed by atoms with Crippen LogP contribution in [0, 0.1) is 0 Å². The van der Waals surface area contributed by atoms with Gasteiger partial charge in [-0.3, -0.25) is 20.2 Å². The van der Waals surface area contributed by atoms with E-state index in [9.17, 15) is 4.79 Å². The fourth-order valence-electron chi connectivity index (χ4n) is 2.01. The SMILES string of the molecule is O=C(N/N=C/c1cccnc1)c1ccc(N/N=C/c2cccnc2)cc1. The van der Waals surface area contributed by atoms with Crippen molar-refractivity contribution in [1.29, 1.82) is 0 Å². The molecule has 7 nitrogen and oxygen atoms in total. The first kappa shape index (κ1) is 17.0. The van der Waals surface area contributed by atoms with Crippen LogP contribution in [0.4, 0.5) is 5.69 Å². The number of hydrogen-bond acceptors (Lipinski definition) is 6. The standard InChI is InChI=1S/C19H16N6O/c26-19(25-23-14-16-4-2-10-21-12-16)17-5-7-18(8-6-17)24-22-13-15-3-1-9-20-11-15/h1-14,24H,(H,25,26)/b22-13+,23-14+. The van der Waals surface area contributed by atoms with Crippen molar-refractivity contribution in [2.45, 2.75) is 0 Å². The molecule has 1 aromatic carbocycles. The lowest BCUT2D eigenvalue weighted by Gasteiger charge is -2.03. The van der Waals surface area contributed by atoms with E-state index in [1.807, 2.05) is 18.2 Å². The normalized spacial score (nSPS) is 10.9. The molecule has 0 aliphatic carbocycles. The lowest BCUT2D eigenvalue weighted by Crippen LogP contribution is -2.17. The number of carbonyl (C=O) groups excluding carboxylic acids is 1. The lowest BCUT2D eigenvalue weighted by atomic mass is 10.2. The smallest absolute Gasteiger partial charge is 0.271 e. The van der Waals surface area contributed by atoms with Gasteiger partial charge in [0.1, 0.15) is 0 Å².